The molecule has 0 radical (unpaired) electrons. The number of hydrogen-bond donors (Lipinski definition) is 1. The number of rotatable bonds is 8. The number of amides is 2. The maximum absolute atomic E-state index is 13.4. The van der Waals surface area contributed by atoms with E-state index in [1.54, 1.807) is 5.38 Å². The number of thiazole rings is 1. The van der Waals surface area contributed by atoms with Crippen molar-refractivity contribution in [1.29, 1.82) is 0 Å². The summed E-state index contributed by atoms with van der Waals surface area (Å²) in [4.78, 5) is 32.0. The molecule has 3 rings (SSSR count). The molecule has 0 bridgehead atoms. The van der Waals surface area contributed by atoms with Crippen LogP contribution in [0.4, 0.5) is 0 Å². The van der Waals surface area contributed by atoms with Gasteiger partial charge in [0.25, 0.3) is 11.8 Å². The van der Waals surface area contributed by atoms with E-state index in [-0.39, 0.29) is 11.8 Å². The molecule has 6 heteroatoms. The van der Waals surface area contributed by atoms with Crippen molar-refractivity contribution in [2.75, 3.05) is 13.1 Å². The predicted octanol–water partition coefficient (Wildman–Crippen LogP) is 4.98. The van der Waals surface area contributed by atoms with Gasteiger partial charge in [-0.2, -0.15) is 0 Å². The van der Waals surface area contributed by atoms with Crippen LogP contribution in [0.3, 0.4) is 0 Å². The summed E-state index contributed by atoms with van der Waals surface area (Å²) in [7, 11) is 0. The van der Waals surface area contributed by atoms with Crippen molar-refractivity contribution >= 4 is 33.9 Å². The van der Waals surface area contributed by atoms with E-state index in [0.29, 0.717) is 42.7 Å². The second-order valence-electron chi connectivity index (χ2n) is 8.34. The third-order valence-corrected chi connectivity index (χ3v) is 5.51. The van der Waals surface area contributed by atoms with Crippen molar-refractivity contribution < 1.29 is 9.59 Å². The van der Waals surface area contributed by atoms with Gasteiger partial charge in [0, 0.05) is 24.0 Å². The van der Waals surface area contributed by atoms with E-state index in [9.17, 15) is 9.59 Å². The van der Waals surface area contributed by atoms with Crippen LogP contribution in [0.1, 0.15) is 53.5 Å². The van der Waals surface area contributed by atoms with Crippen molar-refractivity contribution in [3.63, 3.8) is 0 Å². The van der Waals surface area contributed by atoms with Crippen LogP contribution in [-0.2, 0) is 6.54 Å². The Labute approximate surface area is 182 Å². The van der Waals surface area contributed by atoms with Gasteiger partial charge in [0.05, 0.1) is 6.54 Å². The number of hydrogen-bond acceptors (Lipinski definition) is 4. The summed E-state index contributed by atoms with van der Waals surface area (Å²) in [6.45, 7) is 9.92. The van der Waals surface area contributed by atoms with Gasteiger partial charge in [-0.25, -0.2) is 4.98 Å². The van der Waals surface area contributed by atoms with E-state index >= 15 is 0 Å². The molecule has 0 aliphatic carbocycles. The average molecular weight is 424 g/mol. The zero-order valence-electron chi connectivity index (χ0n) is 18.0. The molecule has 0 saturated heterocycles. The van der Waals surface area contributed by atoms with Gasteiger partial charge >= 0.3 is 0 Å². The van der Waals surface area contributed by atoms with Gasteiger partial charge in [0.1, 0.15) is 10.7 Å². The Balaban J connectivity index is 1.81. The molecule has 0 aliphatic rings. The highest BCUT2D eigenvalue weighted by Crippen LogP contribution is 2.22. The van der Waals surface area contributed by atoms with Gasteiger partial charge in [-0.1, -0.05) is 64.1 Å². The lowest BCUT2D eigenvalue weighted by Crippen LogP contribution is -2.34. The standard InChI is InChI=1S/C24H29N3O2S/c1-16(2)12-25-23(28)21-15-30-22(26-21)14-27(13-17(3)4)24(29)20-11-7-9-18-8-5-6-10-19(18)20/h5-11,15-17H,12-14H2,1-4H3,(H,25,28). The molecule has 1 N–H and O–H groups in total. The fourth-order valence-electron chi connectivity index (χ4n) is 3.28. The lowest BCUT2D eigenvalue weighted by Gasteiger charge is -2.24. The fraction of sp³-hybridized carbons (Fsp3) is 0.375. The number of nitrogens with zero attached hydrogens (tertiary/aromatic N) is 2. The largest absolute Gasteiger partial charge is 0.350 e. The van der Waals surface area contributed by atoms with E-state index in [0.717, 1.165) is 15.8 Å². The first-order chi connectivity index (χ1) is 14.3. The average Bonchev–Trinajstić information content (AvgIpc) is 3.19. The number of carbonyl (C=O) groups excluding carboxylic acids is 2. The summed E-state index contributed by atoms with van der Waals surface area (Å²) in [6.07, 6.45) is 0. The summed E-state index contributed by atoms with van der Waals surface area (Å²) >= 11 is 1.42. The Morgan fingerprint density at radius 1 is 1.03 bits per heavy atom. The molecule has 1 aromatic heterocycles. The number of nitrogens with one attached hydrogen (secondary N) is 1. The fourth-order valence-corrected chi connectivity index (χ4v) is 4.07. The first kappa shape index (κ1) is 22.0. The Morgan fingerprint density at radius 3 is 2.50 bits per heavy atom. The monoisotopic (exact) mass is 423 g/mol. The normalized spacial score (nSPS) is 11.3. The van der Waals surface area contributed by atoms with Gasteiger partial charge in [0.15, 0.2) is 0 Å². The molecule has 1 heterocycles. The summed E-state index contributed by atoms with van der Waals surface area (Å²) < 4.78 is 0. The van der Waals surface area contributed by atoms with Crippen molar-refractivity contribution in [2.24, 2.45) is 11.8 Å². The molecule has 0 saturated carbocycles. The van der Waals surface area contributed by atoms with Crippen LogP contribution in [0.5, 0.6) is 0 Å². The molecule has 2 amide bonds. The quantitative estimate of drug-likeness (QED) is 0.556. The molecule has 30 heavy (non-hydrogen) atoms. The van der Waals surface area contributed by atoms with Gasteiger partial charge in [-0.05, 0) is 28.7 Å². The Hall–Kier alpha value is -2.73. The van der Waals surface area contributed by atoms with Crippen LogP contribution in [0.25, 0.3) is 10.8 Å². The maximum atomic E-state index is 13.4. The van der Waals surface area contributed by atoms with Gasteiger partial charge in [-0.15, -0.1) is 11.3 Å². The summed E-state index contributed by atoms with van der Waals surface area (Å²) in [5.74, 6) is 0.521. The highest BCUT2D eigenvalue weighted by atomic mass is 32.1. The zero-order chi connectivity index (χ0) is 21.7. The summed E-state index contributed by atoms with van der Waals surface area (Å²) in [5, 5.41) is 7.42. The maximum Gasteiger partial charge on any atom is 0.270 e. The second-order valence-corrected chi connectivity index (χ2v) is 9.28. The van der Waals surface area contributed by atoms with E-state index in [1.807, 2.05) is 47.4 Å². The lowest BCUT2D eigenvalue weighted by molar-refractivity contribution is 0.0724. The predicted molar refractivity (Wildman–Crippen MR) is 123 cm³/mol. The van der Waals surface area contributed by atoms with E-state index in [4.69, 9.17) is 0 Å². The van der Waals surface area contributed by atoms with Gasteiger partial charge in [-0.3, -0.25) is 9.59 Å². The number of benzene rings is 2. The van der Waals surface area contributed by atoms with Crippen LogP contribution in [0, 0.1) is 11.8 Å². The molecular weight excluding hydrogens is 394 g/mol. The molecule has 0 aliphatic heterocycles. The highest BCUT2D eigenvalue weighted by Gasteiger charge is 2.21. The van der Waals surface area contributed by atoms with E-state index in [2.05, 4.69) is 38.0 Å². The Kier molecular flexibility index (Phi) is 7.21. The first-order valence-corrected chi connectivity index (χ1v) is 11.2. The molecule has 0 fully saturated rings. The van der Waals surface area contributed by atoms with E-state index < -0.39 is 0 Å². The topological polar surface area (TPSA) is 62.3 Å². The van der Waals surface area contributed by atoms with Gasteiger partial charge < -0.3 is 10.2 Å². The van der Waals surface area contributed by atoms with Crippen LogP contribution in [-0.4, -0.2) is 34.8 Å². The number of carbonyl (C=O) groups is 2. The Bertz CT molecular complexity index is 1020. The van der Waals surface area contributed by atoms with Crippen LogP contribution in [0.15, 0.2) is 47.8 Å². The molecule has 158 valence electrons. The number of fused-ring (bicyclic) bond motifs is 1. The molecular formula is C24H29N3O2S. The molecule has 2 aromatic carbocycles. The van der Waals surface area contributed by atoms with Crippen LogP contribution >= 0.6 is 11.3 Å². The third kappa shape index (κ3) is 5.45. The highest BCUT2D eigenvalue weighted by molar-refractivity contribution is 7.09. The first-order valence-electron chi connectivity index (χ1n) is 10.3. The zero-order valence-corrected chi connectivity index (χ0v) is 18.8. The van der Waals surface area contributed by atoms with Crippen molar-refractivity contribution in [3.8, 4) is 0 Å². The SMILES string of the molecule is CC(C)CNC(=O)c1csc(CN(CC(C)C)C(=O)c2cccc3ccccc23)n1. The van der Waals surface area contributed by atoms with Crippen LogP contribution < -0.4 is 5.32 Å². The lowest BCUT2D eigenvalue weighted by atomic mass is 10.0. The molecule has 0 spiro atoms. The minimum absolute atomic E-state index is 0.0125. The molecule has 5 nitrogen and oxygen atoms in total. The minimum atomic E-state index is -0.165. The Morgan fingerprint density at radius 2 is 1.77 bits per heavy atom. The summed E-state index contributed by atoms with van der Waals surface area (Å²) in [6, 6.07) is 13.7. The smallest absolute Gasteiger partial charge is 0.270 e. The third-order valence-electron chi connectivity index (χ3n) is 4.67. The summed E-state index contributed by atoms with van der Waals surface area (Å²) in [5.41, 5.74) is 1.11. The van der Waals surface area contributed by atoms with Crippen molar-refractivity contribution in [1.82, 2.24) is 15.2 Å². The van der Waals surface area contributed by atoms with E-state index in [1.165, 1.54) is 11.3 Å². The van der Waals surface area contributed by atoms with Gasteiger partial charge in [0.2, 0.25) is 0 Å². The van der Waals surface area contributed by atoms with Crippen molar-refractivity contribution in [2.45, 2.75) is 34.2 Å². The van der Waals surface area contributed by atoms with Crippen molar-refractivity contribution in [3.05, 3.63) is 64.1 Å². The second kappa shape index (κ2) is 9.85. The number of aromatic nitrogens is 1. The molecule has 0 unspecified atom stereocenters. The van der Waals surface area contributed by atoms with Crippen LogP contribution in [0.2, 0.25) is 0 Å². The molecule has 3 aromatic rings. The molecule has 0 atom stereocenters. The minimum Gasteiger partial charge on any atom is -0.350 e.